The number of ketones is 1. The van der Waals surface area contributed by atoms with Gasteiger partial charge in [-0.15, -0.1) is 0 Å². The molecule has 1 aliphatic heterocycles. The molecule has 4 rings (SSSR count). The second-order valence-electron chi connectivity index (χ2n) is 6.15. The minimum absolute atomic E-state index is 0.197. The van der Waals surface area contributed by atoms with Crippen molar-refractivity contribution < 1.29 is 14.4 Å². The van der Waals surface area contributed by atoms with Crippen molar-refractivity contribution in [3.63, 3.8) is 0 Å². The van der Waals surface area contributed by atoms with Gasteiger partial charge in [0.1, 0.15) is 0 Å². The molecule has 0 aliphatic carbocycles. The number of hydrogen-bond donors (Lipinski definition) is 0. The maximum atomic E-state index is 12.6. The first kappa shape index (κ1) is 16.7. The Morgan fingerprint density at radius 1 is 0.741 bits per heavy atom. The summed E-state index contributed by atoms with van der Waals surface area (Å²) in [5.74, 6) is -0.947. The van der Waals surface area contributed by atoms with Gasteiger partial charge in [-0.25, -0.2) is 4.90 Å². The van der Waals surface area contributed by atoms with Gasteiger partial charge in [0.15, 0.2) is 5.78 Å². The molecule has 2 amide bonds. The van der Waals surface area contributed by atoms with Crippen molar-refractivity contribution in [1.29, 1.82) is 0 Å². The summed E-state index contributed by atoms with van der Waals surface area (Å²) in [6.45, 7) is 0. The van der Waals surface area contributed by atoms with Crippen LogP contribution in [0.15, 0.2) is 84.9 Å². The molecule has 1 aliphatic rings. The third-order valence-electron chi connectivity index (χ3n) is 4.41. The summed E-state index contributed by atoms with van der Waals surface area (Å²) >= 11 is 0. The van der Waals surface area contributed by atoms with Crippen molar-refractivity contribution in [2.75, 3.05) is 4.90 Å². The Hall–Kier alpha value is -3.79. The molecule has 0 N–H and O–H groups in total. The summed E-state index contributed by atoms with van der Waals surface area (Å²) in [6, 6.07) is 22.8. The van der Waals surface area contributed by atoms with Gasteiger partial charge in [0.05, 0.1) is 16.8 Å². The highest BCUT2D eigenvalue weighted by atomic mass is 16.2. The molecule has 0 spiro atoms. The Labute approximate surface area is 156 Å². The summed E-state index contributed by atoms with van der Waals surface area (Å²) in [7, 11) is 0. The fourth-order valence-corrected chi connectivity index (χ4v) is 3.05. The molecule has 0 radical (unpaired) electrons. The number of benzene rings is 3. The van der Waals surface area contributed by atoms with Gasteiger partial charge >= 0.3 is 0 Å². The van der Waals surface area contributed by atoms with Gasteiger partial charge < -0.3 is 0 Å². The van der Waals surface area contributed by atoms with Crippen LogP contribution in [0.5, 0.6) is 0 Å². The first-order valence-electron chi connectivity index (χ1n) is 8.50. The fraction of sp³-hybridized carbons (Fsp3) is 0. The molecule has 1 heterocycles. The van der Waals surface area contributed by atoms with Crippen molar-refractivity contribution in [3.8, 4) is 0 Å². The number of carbonyl (C=O) groups is 3. The van der Waals surface area contributed by atoms with E-state index in [1.807, 2.05) is 30.3 Å². The largest absolute Gasteiger partial charge is 0.289 e. The average molecular weight is 353 g/mol. The van der Waals surface area contributed by atoms with Gasteiger partial charge in [-0.3, -0.25) is 14.4 Å². The highest BCUT2D eigenvalue weighted by Gasteiger charge is 2.36. The molecular weight excluding hydrogens is 338 g/mol. The molecule has 0 atom stereocenters. The van der Waals surface area contributed by atoms with Gasteiger partial charge in [0.25, 0.3) is 11.8 Å². The Bertz CT molecular complexity index is 1050. The van der Waals surface area contributed by atoms with Crippen LogP contribution in [0.4, 0.5) is 5.69 Å². The van der Waals surface area contributed by atoms with Crippen molar-refractivity contribution in [2.45, 2.75) is 0 Å². The SMILES string of the molecule is O=C(/C=C/c1ccccc1)c1cccc(N2C(=O)c3ccccc3C2=O)c1. The van der Waals surface area contributed by atoms with Crippen LogP contribution < -0.4 is 4.90 Å². The number of hydrogen-bond acceptors (Lipinski definition) is 3. The zero-order valence-corrected chi connectivity index (χ0v) is 14.3. The predicted octanol–water partition coefficient (Wildman–Crippen LogP) is 4.38. The summed E-state index contributed by atoms with van der Waals surface area (Å²) < 4.78 is 0. The lowest BCUT2D eigenvalue weighted by Gasteiger charge is -2.14. The van der Waals surface area contributed by atoms with E-state index >= 15 is 0 Å². The quantitative estimate of drug-likeness (QED) is 0.397. The van der Waals surface area contributed by atoms with Crippen molar-refractivity contribution >= 4 is 29.4 Å². The van der Waals surface area contributed by atoms with Crippen LogP contribution in [0.3, 0.4) is 0 Å². The maximum Gasteiger partial charge on any atom is 0.266 e. The maximum absolute atomic E-state index is 12.6. The number of rotatable bonds is 4. The Morgan fingerprint density at radius 3 is 2.04 bits per heavy atom. The van der Waals surface area contributed by atoms with E-state index in [1.165, 1.54) is 6.08 Å². The van der Waals surface area contributed by atoms with Gasteiger partial charge in [-0.1, -0.05) is 60.7 Å². The summed E-state index contributed by atoms with van der Waals surface area (Å²) in [4.78, 5) is 38.8. The smallest absolute Gasteiger partial charge is 0.266 e. The second kappa shape index (κ2) is 6.84. The lowest BCUT2D eigenvalue weighted by Crippen LogP contribution is -2.29. The predicted molar refractivity (Wildman–Crippen MR) is 104 cm³/mol. The van der Waals surface area contributed by atoms with Gasteiger partial charge in [-0.2, -0.15) is 0 Å². The van der Waals surface area contributed by atoms with Crippen molar-refractivity contribution in [2.24, 2.45) is 0 Å². The molecule has 0 unspecified atom stereocenters. The van der Waals surface area contributed by atoms with Crippen molar-refractivity contribution in [3.05, 3.63) is 107 Å². The molecule has 0 saturated carbocycles. The van der Waals surface area contributed by atoms with Gasteiger partial charge in [-0.05, 0) is 35.9 Å². The van der Waals surface area contributed by atoms with E-state index in [0.717, 1.165) is 10.5 Å². The second-order valence-corrected chi connectivity index (χ2v) is 6.15. The van der Waals surface area contributed by atoms with E-state index in [9.17, 15) is 14.4 Å². The number of amides is 2. The summed E-state index contributed by atoms with van der Waals surface area (Å²) in [5.41, 5.74) is 2.48. The van der Waals surface area contributed by atoms with Crippen molar-refractivity contribution in [1.82, 2.24) is 0 Å². The zero-order chi connectivity index (χ0) is 18.8. The van der Waals surface area contributed by atoms with Crippen LogP contribution in [0.2, 0.25) is 0 Å². The lowest BCUT2D eigenvalue weighted by atomic mass is 10.1. The highest BCUT2D eigenvalue weighted by Crippen LogP contribution is 2.28. The molecule has 3 aromatic rings. The number of nitrogens with zero attached hydrogens (tertiary/aromatic N) is 1. The molecular formula is C23H15NO3. The molecule has 4 heteroatoms. The van der Waals surface area contributed by atoms with E-state index < -0.39 is 0 Å². The zero-order valence-electron chi connectivity index (χ0n) is 14.3. The highest BCUT2D eigenvalue weighted by molar-refractivity contribution is 6.34. The number of anilines is 1. The molecule has 0 saturated heterocycles. The number of fused-ring (bicyclic) bond motifs is 1. The van der Waals surface area contributed by atoms with Crippen LogP contribution in [-0.4, -0.2) is 17.6 Å². The van der Waals surface area contributed by atoms with Crippen LogP contribution in [0, 0.1) is 0 Å². The first-order valence-corrected chi connectivity index (χ1v) is 8.50. The minimum atomic E-state index is -0.375. The summed E-state index contributed by atoms with van der Waals surface area (Å²) in [5, 5.41) is 0. The third kappa shape index (κ3) is 3.09. The van der Waals surface area contributed by atoms with Crippen LogP contribution in [0.25, 0.3) is 6.08 Å². The molecule has 0 aromatic heterocycles. The molecule has 130 valence electrons. The Morgan fingerprint density at radius 2 is 1.37 bits per heavy atom. The van der Waals surface area contributed by atoms with E-state index in [4.69, 9.17) is 0 Å². The Balaban J connectivity index is 1.62. The van der Waals surface area contributed by atoms with Crippen LogP contribution in [-0.2, 0) is 0 Å². The normalized spacial score (nSPS) is 13.3. The van der Waals surface area contributed by atoms with Gasteiger partial charge in [0.2, 0.25) is 0 Å². The van der Waals surface area contributed by atoms with Crippen LogP contribution in [0.1, 0.15) is 36.6 Å². The van der Waals surface area contributed by atoms with E-state index in [1.54, 1.807) is 54.6 Å². The number of allylic oxidation sites excluding steroid dienone is 1. The molecule has 3 aromatic carbocycles. The topological polar surface area (TPSA) is 54.5 Å². The van der Waals surface area contributed by atoms with Gasteiger partial charge in [0, 0.05) is 5.56 Å². The first-order chi connectivity index (χ1) is 13.1. The molecule has 0 bridgehead atoms. The van der Waals surface area contributed by atoms with Crippen LogP contribution >= 0.6 is 0 Å². The summed E-state index contributed by atoms with van der Waals surface area (Å²) in [6.07, 6.45) is 3.22. The standard InChI is InChI=1S/C23H15NO3/c25-21(14-13-16-7-2-1-3-8-16)17-9-6-10-18(15-17)24-22(26)19-11-4-5-12-20(19)23(24)27/h1-15H/b14-13+. The van der Waals surface area contributed by atoms with E-state index in [0.29, 0.717) is 22.4 Å². The molecule has 27 heavy (non-hydrogen) atoms. The lowest BCUT2D eigenvalue weighted by molar-refractivity contribution is 0.0924. The number of imide groups is 1. The molecule has 4 nitrogen and oxygen atoms in total. The Kier molecular flexibility index (Phi) is 4.22. The fourth-order valence-electron chi connectivity index (χ4n) is 3.05. The van der Waals surface area contributed by atoms with E-state index in [-0.39, 0.29) is 17.6 Å². The minimum Gasteiger partial charge on any atom is -0.289 e. The third-order valence-corrected chi connectivity index (χ3v) is 4.41. The average Bonchev–Trinajstić information content (AvgIpc) is 2.98. The van der Waals surface area contributed by atoms with E-state index in [2.05, 4.69) is 0 Å². The molecule has 0 fully saturated rings. The number of carbonyl (C=O) groups excluding carboxylic acids is 3. The monoisotopic (exact) mass is 353 g/mol.